The van der Waals surface area contributed by atoms with E-state index in [4.69, 9.17) is 0 Å². The van der Waals surface area contributed by atoms with Gasteiger partial charge in [0.05, 0.1) is 11.8 Å². The highest BCUT2D eigenvalue weighted by molar-refractivity contribution is 5.83. The van der Waals surface area contributed by atoms with Crippen molar-refractivity contribution in [1.82, 2.24) is 5.64 Å². The lowest BCUT2D eigenvalue weighted by atomic mass is 9.79. The highest BCUT2D eigenvalue weighted by Gasteiger charge is 2.40. The molecule has 1 N–H and O–H groups in total. The maximum absolute atomic E-state index is 11.3. The molecule has 5 heteroatoms. The molecule has 1 saturated heterocycles. The number of fused-ring (bicyclic) bond motifs is 1. The molecule has 72 valence electrons. The molecule has 2 atom stereocenters. The van der Waals surface area contributed by atoms with E-state index in [1.807, 2.05) is 5.64 Å². The van der Waals surface area contributed by atoms with Crippen molar-refractivity contribution in [3.63, 3.8) is 0 Å². The highest BCUT2D eigenvalue weighted by Crippen LogP contribution is 2.32. The van der Waals surface area contributed by atoms with E-state index in [0.717, 1.165) is 25.7 Å². The van der Waals surface area contributed by atoms with Gasteiger partial charge in [0, 0.05) is 5.64 Å². The zero-order valence-corrected chi connectivity index (χ0v) is 7.12. The molecule has 2 rings (SSSR count). The summed E-state index contributed by atoms with van der Waals surface area (Å²) in [5.74, 6) is -1.38. The van der Waals surface area contributed by atoms with E-state index in [1.165, 1.54) is 0 Å². The van der Waals surface area contributed by atoms with E-state index < -0.39 is 0 Å². The van der Waals surface area contributed by atoms with Crippen LogP contribution in [-0.4, -0.2) is 11.9 Å². The van der Waals surface area contributed by atoms with Gasteiger partial charge in [-0.05, 0) is 12.8 Å². The van der Waals surface area contributed by atoms with Crippen LogP contribution in [0.4, 0.5) is 0 Å². The molecule has 0 aromatic carbocycles. The molecule has 1 saturated carbocycles. The molecule has 0 bridgehead atoms. The van der Waals surface area contributed by atoms with E-state index in [9.17, 15) is 9.59 Å². The first-order chi connectivity index (χ1) is 6.29. The predicted octanol–water partition coefficient (Wildman–Crippen LogP) is 0.312. The van der Waals surface area contributed by atoms with Crippen LogP contribution >= 0.6 is 0 Å². The molecular weight excluding hydrogens is 174 g/mol. The molecule has 1 aliphatic carbocycles. The minimum absolute atomic E-state index is 0.309. The van der Waals surface area contributed by atoms with Gasteiger partial charge >= 0.3 is 11.9 Å². The first kappa shape index (κ1) is 8.50. The van der Waals surface area contributed by atoms with E-state index >= 15 is 0 Å². The second-order valence-corrected chi connectivity index (χ2v) is 3.42. The average Bonchev–Trinajstić information content (AvgIpc) is 2.29. The molecule has 0 aromatic heterocycles. The van der Waals surface area contributed by atoms with Crippen LogP contribution in [-0.2, 0) is 19.3 Å². The number of carbonyl (C=O) groups excluding carboxylic acids is 2. The second kappa shape index (κ2) is 3.33. The van der Waals surface area contributed by atoms with Crippen molar-refractivity contribution in [3.05, 3.63) is 0 Å². The summed E-state index contributed by atoms with van der Waals surface area (Å²) in [4.78, 5) is 31.6. The van der Waals surface area contributed by atoms with Gasteiger partial charge in [-0.1, -0.05) is 12.8 Å². The normalized spacial score (nSPS) is 34.2. The van der Waals surface area contributed by atoms with Crippen molar-refractivity contribution in [2.45, 2.75) is 25.7 Å². The average molecular weight is 185 g/mol. The quantitative estimate of drug-likeness (QED) is 0.588. The number of nitrogens with one attached hydrogen (secondary N) is 1. The van der Waals surface area contributed by atoms with Crippen LogP contribution in [0.1, 0.15) is 25.7 Å². The molecule has 1 heterocycles. The zero-order chi connectivity index (χ0) is 9.26. The minimum atomic E-state index is -0.379. The number of carbonyl (C=O) groups is 2. The Balaban J connectivity index is 2.18. The first-order valence-electron chi connectivity index (χ1n) is 4.45. The Bertz CT molecular complexity index is 216. The summed E-state index contributed by atoms with van der Waals surface area (Å²) in [6.45, 7) is 0. The highest BCUT2D eigenvalue weighted by atomic mass is 16.9. The van der Waals surface area contributed by atoms with E-state index in [-0.39, 0.29) is 23.8 Å². The Morgan fingerprint density at radius 1 is 1.00 bits per heavy atom. The zero-order valence-electron chi connectivity index (χ0n) is 7.12. The Morgan fingerprint density at radius 3 is 1.92 bits per heavy atom. The van der Waals surface area contributed by atoms with Gasteiger partial charge in [-0.25, -0.2) is 9.59 Å². The van der Waals surface area contributed by atoms with Crippen LogP contribution in [0.15, 0.2) is 0 Å². The summed E-state index contributed by atoms with van der Waals surface area (Å²) >= 11 is 0. The Kier molecular flexibility index (Phi) is 2.18. The van der Waals surface area contributed by atoms with Crippen molar-refractivity contribution in [3.8, 4) is 0 Å². The Morgan fingerprint density at radius 2 is 1.46 bits per heavy atom. The van der Waals surface area contributed by atoms with E-state index in [0.29, 0.717) is 0 Å². The van der Waals surface area contributed by atoms with Crippen molar-refractivity contribution >= 4 is 11.9 Å². The molecule has 2 unspecified atom stereocenters. The van der Waals surface area contributed by atoms with Crippen LogP contribution < -0.4 is 5.64 Å². The van der Waals surface area contributed by atoms with Crippen LogP contribution in [0.25, 0.3) is 0 Å². The largest absolute Gasteiger partial charge is 0.335 e. The SMILES string of the molecule is O=C1ONOC(=O)C2CCCCC12. The van der Waals surface area contributed by atoms with Gasteiger partial charge < -0.3 is 9.68 Å². The smallest absolute Gasteiger partial charge is 0.332 e. The molecule has 13 heavy (non-hydrogen) atoms. The molecule has 0 amide bonds. The molecule has 0 spiro atoms. The molecule has 0 aromatic rings. The maximum Gasteiger partial charge on any atom is 0.332 e. The first-order valence-corrected chi connectivity index (χ1v) is 4.45. The lowest BCUT2D eigenvalue weighted by Crippen LogP contribution is -2.31. The van der Waals surface area contributed by atoms with Crippen LogP contribution in [0.3, 0.4) is 0 Å². The van der Waals surface area contributed by atoms with Gasteiger partial charge in [-0.2, -0.15) is 0 Å². The molecule has 1 aliphatic heterocycles. The van der Waals surface area contributed by atoms with E-state index in [1.54, 1.807) is 0 Å². The van der Waals surface area contributed by atoms with Gasteiger partial charge in [-0.15, -0.1) is 0 Å². The van der Waals surface area contributed by atoms with Crippen LogP contribution in [0.2, 0.25) is 0 Å². The lowest BCUT2D eigenvalue weighted by Gasteiger charge is -2.23. The standard InChI is InChI=1S/C8H11NO4/c10-7-5-3-1-2-4-6(5)8(11)13-9-12-7/h5-6,9H,1-4H2. The number of hydrogen-bond acceptors (Lipinski definition) is 5. The minimum Gasteiger partial charge on any atom is -0.335 e. The van der Waals surface area contributed by atoms with Crippen LogP contribution in [0.5, 0.6) is 0 Å². The molecule has 2 aliphatic rings. The monoisotopic (exact) mass is 185 g/mol. The van der Waals surface area contributed by atoms with Gasteiger partial charge in [0.1, 0.15) is 0 Å². The Labute approximate surface area is 75.3 Å². The van der Waals surface area contributed by atoms with Gasteiger partial charge in [-0.3, -0.25) is 0 Å². The third-order valence-corrected chi connectivity index (χ3v) is 2.66. The topological polar surface area (TPSA) is 64.6 Å². The van der Waals surface area contributed by atoms with Crippen molar-refractivity contribution in [1.29, 1.82) is 0 Å². The summed E-state index contributed by atoms with van der Waals surface area (Å²) in [6.07, 6.45) is 3.40. The molecular formula is C8H11NO4. The number of hydrogen-bond donors (Lipinski definition) is 1. The summed E-state index contributed by atoms with van der Waals surface area (Å²) in [5.41, 5.74) is 1.90. The third-order valence-electron chi connectivity index (χ3n) is 2.66. The summed E-state index contributed by atoms with van der Waals surface area (Å²) in [7, 11) is 0. The Hall–Kier alpha value is -1.10. The van der Waals surface area contributed by atoms with Crippen molar-refractivity contribution in [2.24, 2.45) is 11.8 Å². The van der Waals surface area contributed by atoms with E-state index in [2.05, 4.69) is 9.68 Å². The van der Waals surface area contributed by atoms with Gasteiger partial charge in [0.2, 0.25) is 0 Å². The fourth-order valence-corrected chi connectivity index (χ4v) is 1.95. The van der Waals surface area contributed by atoms with Crippen molar-refractivity contribution < 1.29 is 19.3 Å². The molecule has 0 radical (unpaired) electrons. The maximum atomic E-state index is 11.3. The summed E-state index contributed by atoms with van der Waals surface area (Å²) in [6, 6.07) is 0. The lowest BCUT2D eigenvalue weighted by molar-refractivity contribution is -0.192. The summed E-state index contributed by atoms with van der Waals surface area (Å²) in [5, 5.41) is 0. The molecule has 2 fully saturated rings. The molecule has 5 nitrogen and oxygen atoms in total. The predicted molar refractivity (Wildman–Crippen MR) is 40.8 cm³/mol. The summed E-state index contributed by atoms with van der Waals surface area (Å²) < 4.78 is 0. The van der Waals surface area contributed by atoms with Crippen LogP contribution in [0, 0.1) is 11.8 Å². The number of rotatable bonds is 0. The van der Waals surface area contributed by atoms with Crippen molar-refractivity contribution in [2.75, 3.05) is 0 Å². The second-order valence-electron chi connectivity index (χ2n) is 3.42. The fourth-order valence-electron chi connectivity index (χ4n) is 1.95. The fraction of sp³-hybridized carbons (Fsp3) is 0.750. The van der Waals surface area contributed by atoms with Gasteiger partial charge in [0.15, 0.2) is 0 Å². The van der Waals surface area contributed by atoms with Gasteiger partial charge in [0.25, 0.3) is 0 Å². The third kappa shape index (κ3) is 1.51.